The van der Waals surface area contributed by atoms with Gasteiger partial charge >= 0.3 is 0 Å². The molecule has 3 heteroatoms. The Kier molecular flexibility index (Phi) is 4.88. The van der Waals surface area contributed by atoms with Crippen molar-refractivity contribution in [1.29, 1.82) is 0 Å². The van der Waals surface area contributed by atoms with E-state index in [1.807, 2.05) is 0 Å². The number of piperidine rings is 1. The van der Waals surface area contributed by atoms with Crippen LogP contribution in [0, 0.1) is 11.3 Å². The molecule has 19 heavy (non-hydrogen) atoms. The molecule has 3 nitrogen and oxygen atoms in total. The average Bonchev–Trinajstić information content (AvgIpc) is 2.44. The zero-order valence-electron chi connectivity index (χ0n) is 12.8. The van der Waals surface area contributed by atoms with Gasteiger partial charge in [0.25, 0.3) is 0 Å². The van der Waals surface area contributed by atoms with Crippen molar-refractivity contribution in [1.82, 2.24) is 10.6 Å². The van der Waals surface area contributed by atoms with Gasteiger partial charge in [0.1, 0.15) is 0 Å². The summed E-state index contributed by atoms with van der Waals surface area (Å²) in [5.41, 5.74) is 0.206. The molecule has 3 atom stereocenters. The quantitative estimate of drug-likeness (QED) is 0.821. The van der Waals surface area contributed by atoms with Crippen molar-refractivity contribution >= 4 is 5.91 Å². The lowest BCUT2D eigenvalue weighted by Crippen LogP contribution is -2.55. The number of carbonyl (C=O) groups excluding carboxylic acids is 1. The maximum absolute atomic E-state index is 12.3. The van der Waals surface area contributed by atoms with Gasteiger partial charge in [0, 0.05) is 12.6 Å². The molecule has 2 aliphatic rings. The van der Waals surface area contributed by atoms with Gasteiger partial charge in [-0.15, -0.1) is 0 Å². The van der Waals surface area contributed by atoms with Gasteiger partial charge in [-0.05, 0) is 43.4 Å². The van der Waals surface area contributed by atoms with Crippen LogP contribution in [0.3, 0.4) is 0 Å². The molecule has 1 aliphatic carbocycles. The molecule has 0 spiro atoms. The van der Waals surface area contributed by atoms with E-state index in [-0.39, 0.29) is 17.4 Å². The first-order chi connectivity index (χ1) is 9.02. The topological polar surface area (TPSA) is 41.1 Å². The first kappa shape index (κ1) is 14.8. The van der Waals surface area contributed by atoms with E-state index in [4.69, 9.17) is 0 Å². The molecule has 1 saturated heterocycles. The highest BCUT2D eigenvalue weighted by Crippen LogP contribution is 2.32. The first-order valence-electron chi connectivity index (χ1n) is 8.05. The van der Waals surface area contributed by atoms with Crippen LogP contribution in [0.5, 0.6) is 0 Å². The van der Waals surface area contributed by atoms with Gasteiger partial charge in [-0.1, -0.05) is 33.6 Å². The Hall–Kier alpha value is -0.570. The maximum Gasteiger partial charge on any atom is 0.237 e. The minimum Gasteiger partial charge on any atom is -0.354 e. The van der Waals surface area contributed by atoms with E-state index < -0.39 is 0 Å². The molecule has 0 aromatic rings. The standard InChI is InChI=1S/C16H30N2O/c1-4-16(2,3)11-17-15(19)14-10-9-12-7-5-6-8-13(12)18-14/h12-14,18H,4-11H2,1-3H3,(H,17,19). The van der Waals surface area contributed by atoms with E-state index in [0.29, 0.717) is 6.04 Å². The van der Waals surface area contributed by atoms with Crippen molar-refractivity contribution in [3.63, 3.8) is 0 Å². The minimum atomic E-state index is 0.0482. The van der Waals surface area contributed by atoms with Gasteiger partial charge in [-0.2, -0.15) is 0 Å². The fourth-order valence-electron chi connectivity index (χ4n) is 3.28. The molecule has 2 fully saturated rings. The van der Waals surface area contributed by atoms with E-state index in [9.17, 15) is 4.79 Å². The lowest BCUT2D eigenvalue weighted by Gasteiger charge is -2.40. The number of rotatable bonds is 4. The highest BCUT2D eigenvalue weighted by atomic mass is 16.2. The zero-order chi connectivity index (χ0) is 13.9. The molecule has 1 aliphatic heterocycles. The van der Waals surface area contributed by atoms with Crippen LogP contribution in [0.25, 0.3) is 0 Å². The third kappa shape index (κ3) is 3.95. The van der Waals surface area contributed by atoms with Gasteiger partial charge in [0.2, 0.25) is 5.91 Å². The monoisotopic (exact) mass is 266 g/mol. The molecular weight excluding hydrogens is 236 g/mol. The number of hydrogen-bond donors (Lipinski definition) is 2. The van der Waals surface area contributed by atoms with Crippen LogP contribution < -0.4 is 10.6 Å². The largest absolute Gasteiger partial charge is 0.354 e. The fraction of sp³-hybridized carbons (Fsp3) is 0.938. The van der Waals surface area contributed by atoms with E-state index >= 15 is 0 Å². The fourth-order valence-corrected chi connectivity index (χ4v) is 3.28. The Morgan fingerprint density at radius 2 is 1.95 bits per heavy atom. The van der Waals surface area contributed by atoms with Crippen LogP contribution in [0.4, 0.5) is 0 Å². The first-order valence-corrected chi connectivity index (χ1v) is 8.05. The molecule has 1 saturated carbocycles. The Labute approximate surface area is 117 Å². The summed E-state index contributed by atoms with van der Waals surface area (Å²) >= 11 is 0. The van der Waals surface area contributed by atoms with Crippen molar-refractivity contribution in [2.45, 2.75) is 77.8 Å². The molecule has 0 aromatic carbocycles. The van der Waals surface area contributed by atoms with Gasteiger partial charge in [-0.3, -0.25) is 4.79 Å². The Morgan fingerprint density at radius 1 is 1.21 bits per heavy atom. The Balaban J connectivity index is 1.80. The van der Waals surface area contributed by atoms with E-state index in [1.165, 1.54) is 32.1 Å². The second kappa shape index (κ2) is 6.25. The number of nitrogens with one attached hydrogen (secondary N) is 2. The third-order valence-corrected chi connectivity index (χ3v) is 5.17. The van der Waals surface area contributed by atoms with Crippen LogP contribution >= 0.6 is 0 Å². The van der Waals surface area contributed by atoms with Gasteiger partial charge < -0.3 is 10.6 Å². The van der Waals surface area contributed by atoms with Crippen molar-refractivity contribution in [3.05, 3.63) is 0 Å². The molecule has 2 rings (SSSR count). The summed E-state index contributed by atoms with van der Waals surface area (Å²) in [5, 5.41) is 6.74. The maximum atomic E-state index is 12.3. The average molecular weight is 266 g/mol. The van der Waals surface area contributed by atoms with E-state index in [2.05, 4.69) is 31.4 Å². The van der Waals surface area contributed by atoms with Crippen LogP contribution in [-0.4, -0.2) is 24.5 Å². The zero-order valence-corrected chi connectivity index (χ0v) is 12.8. The minimum absolute atomic E-state index is 0.0482. The van der Waals surface area contributed by atoms with Crippen molar-refractivity contribution in [3.8, 4) is 0 Å². The summed E-state index contributed by atoms with van der Waals surface area (Å²) < 4.78 is 0. The summed E-state index contributed by atoms with van der Waals surface area (Å²) in [7, 11) is 0. The summed E-state index contributed by atoms with van der Waals surface area (Å²) in [4.78, 5) is 12.3. The second-order valence-corrected chi connectivity index (χ2v) is 7.18. The summed E-state index contributed by atoms with van der Waals surface area (Å²) in [6.07, 6.45) is 8.65. The molecule has 0 aromatic heterocycles. The SMILES string of the molecule is CCC(C)(C)CNC(=O)C1CCC2CCCCC2N1. The highest BCUT2D eigenvalue weighted by molar-refractivity contribution is 5.81. The molecule has 1 amide bonds. The van der Waals surface area contributed by atoms with Crippen molar-refractivity contribution < 1.29 is 4.79 Å². The third-order valence-electron chi connectivity index (χ3n) is 5.17. The molecule has 2 N–H and O–H groups in total. The van der Waals surface area contributed by atoms with Crippen molar-refractivity contribution in [2.24, 2.45) is 11.3 Å². The van der Waals surface area contributed by atoms with Crippen LogP contribution in [0.2, 0.25) is 0 Å². The highest BCUT2D eigenvalue weighted by Gasteiger charge is 2.34. The molecular formula is C16H30N2O. The number of amides is 1. The van der Waals surface area contributed by atoms with Crippen LogP contribution in [0.1, 0.15) is 65.7 Å². The normalized spacial score (nSPS) is 31.6. The number of hydrogen-bond acceptors (Lipinski definition) is 2. The molecule has 0 bridgehead atoms. The van der Waals surface area contributed by atoms with Crippen LogP contribution in [0.15, 0.2) is 0 Å². The Morgan fingerprint density at radius 3 is 2.68 bits per heavy atom. The predicted molar refractivity (Wildman–Crippen MR) is 79.0 cm³/mol. The number of carbonyl (C=O) groups is 1. The van der Waals surface area contributed by atoms with Crippen LogP contribution in [-0.2, 0) is 4.79 Å². The number of fused-ring (bicyclic) bond motifs is 1. The lowest BCUT2D eigenvalue weighted by molar-refractivity contribution is -0.125. The summed E-state index contributed by atoms with van der Waals surface area (Å²) in [6.45, 7) is 7.38. The Bertz CT molecular complexity index is 314. The molecule has 110 valence electrons. The van der Waals surface area contributed by atoms with Gasteiger partial charge in [-0.25, -0.2) is 0 Å². The predicted octanol–water partition coefficient (Wildman–Crippen LogP) is 2.85. The second-order valence-electron chi connectivity index (χ2n) is 7.18. The van der Waals surface area contributed by atoms with E-state index in [1.54, 1.807) is 0 Å². The summed E-state index contributed by atoms with van der Waals surface area (Å²) in [6, 6.07) is 0.643. The lowest BCUT2D eigenvalue weighted by atomic mass is 9.77. The smallest absolute Gasteiger partial charge is 0.237 e. The summed E-state index contributed by atoms with van der Waals surface area (Å²) in [5.74, 6) is 1.04. The van der Waals surface area contributed by atoms with Gasteiger partial charge in [0.05, 0.1) is 6.04 Å². The molecule has 1 heterocycles. The molecule has 0 radical (unpaired) electrons. The van der Waals surface area contributed by atoms with Crippen molar-refractivity contribution in [2.75, 3.05) is 6.54 Å². The molecule has 3 unspecified atom stereocenters. The van der Waals surface area contributed by atoms with Gasteiger partial charge in [0.15, 0.2) is 0 Å². The van der Waals surface area contributed by atoms with E-state index in [0.717, 1.165) is 25.3 Å².